The first-order valence-corrected chi connectivity index (χ1v) is 4.56. The lowest BCUT2D eigenvalue weighted by atomic mass is 10.1. The van der Waals surface area contributed by atoms with Crippen LogP contribution >= 0.6 is 12.3 Å². The highest BCUT2D eigenvalue weighted by atomic mass is 32.2. The molecule has 1 heterocycles. The molecule has 1 fully saturated rings. The van der Waals surface area contributed by atoms with Crippen LogP contribution in [0.4, 0.5) is 3.89 Å². The molecule has 0 N–H and O–H groups in total. The summed E-state index contributed by atoms with van der Waals surface area (Å²) >= 11 is 0.368. The minimum atomic E-state index is 0.333. The standard InChI is InChI=1S/C7H15FN2S/c1-6-7(9(2)3)4-5-10(6)11-8/h6-7H,4-5H2,1-3H3. The highest BCUT2D eigenvalue weighted by molar-refractivity contribution is 7.91. The van der Waals surface area contributed by atoms with Crippen molar-refractivity contribution in [1.29, 1.82) is 0 Å². The molecular formula is C7H15FN2S. The molecule has 0 aromatic carbocycles. The Kier molecular flexibility index (Phi) is 3.16. The van der Waals surface area contributed by atoms with Gasteiger partial charge in [-0.3, -0.25) is 0 Å². The van der Waals surface area contributed by atoms with Gasteiger partial charge in [0.15, 0.2) is 0 Å². The normalized spacial score (nSPS) is 33.5. The number of likely N-dealkylation sites (N-methyl/N-ethyl adjacent to an activating group) is 1. The molecule has 1 rings (SSSR count). The van der Waals surface area contributed by atoms with Crippen LogP contribution in [0, 0.1) is 0 Å². The van der Waals surface area contributed by atoms with Crippen molar-refractivity contribution in [2.45, 2.75) is 25.4 Å². The number of halogens is 1. The molecule has 2 atom stereocenters. The molecule has 0 aromatic heterocycles. The quantitative estimate of drug-likeness (QED) is 0.592. The summed E-state index contributed by atoms with van der Waals surface area (Å²) in [7, 11) is 4.10. The van der Waals surface area contributed by atoms with Gasteiger partial charge in [0.05, 0.1) is 0 Å². The fourth-order valence-electron chi connectivity index (χ4n) is 1.68. The van der Waals surface area contributed by atoms with Gasteiger partial charge in [0.2, 0.25) is 0 Å². The molecule has 4 heteroatoms. The number of nitrogens with zero attached hydrogens (tertiary/aromatic N) is 2. The van der Waals surface area contributed by atoms with Crippen molar-refractivity contribution in [3.63, 3.8) is 0 Å². The van der Waals surface area contributed by atoms with Crippen molar-refractivity contribution in [3.05, 3.63) is 0 Å². The van der Waals surface area contributed by atoms with E-state index in [2.05, 4.69) is 11.8 Å². The minimum Gasteiger partial charge on any atom is -0.305 e. The summed E-state index contributed by atoms with van der Waals surface area (Å²) in [5.41, 5.74) is 0. The molecule has 0 aliphatic carbocycles. The van der Waals surface area contributed by atoms with Crippen molar-refractivity contribution in [2.75, 3.05) is 20.6 Å². The molecule has 0 spiro atoms. The van der Waals surface area contributed by atoms with E-state index < -0.39 is 0 Å². The average molecular weight is 178 g/mol. The van der Waals surface area contributed by atoms with Crippen LogP contribution in [0.25, 0.3) is 0 Å². The first-order chi connectivity index (χ1) is 5.16. The SMILES string of the molecule is CC1C(N(C)C)CCN1SF. The zero-order valence-electron chi connectivity index (χ0n) is 7.25. The molecule has 2 nitrogen and oxygen atoms in total. The van der Waals surface area contributed by atoms with Crippen LogP contribution in [-0.2, 0) is 0 Å². The molecule has 66 valence electrons. The molecule has 0 radical (unpaired) electrons. The summed E-state index contributed by atoms with van der Waals surface area (Å²) in [6.07, 6.45) is 1.07. The molecule has 0 amide bonds. The Bertz CT molecular complexity index is 132. The fourth-order valence-corrected chi connectivity index (χ4v) is 2.12. The van der Waals surface area contributed by atoms with Crippen LogP contribution in [0.15, 0.2) is 0 Å². The van der Waals surface area contributed by atoms with Gasteiger partial charge < -0.3 is 4.90 Å². The summed E-state index contributed by atoms with van der Waals surface area (Å²) in [6.45, 7) is 2.94. The maximum atomic E-state index is 12.2. The Morgan fingerprint density at radius 1 is 1.55 bits per heavy atom. The van der Waals surface area contributed by atoms with Crippen molar-refractivity contribution >= 4 is 12.3 Å². The van der Waals surface area contributed by atoms with Crippen LogP contribution in [0.2, 0.25) is 0 Å². The van der Waals surface area contributed by atoms with E-state index in [1.54, 1.807) is 4.31 Å². The maximum Gasteiger partial charge on any atom is 0.134 e. The van der Waals surface area contributed by atoms with Gasteiger partial charge in [-0.1, -0.05) is 0 Å². The second kappa shape index (κ2) is 3.74. The van der Waals surface area contributed by atoms with E-state index in [0.29, 0.717) is 24.4 Å². The monoisotopic (exact) mass is 178 g/mol. The van der Waals surface area contributed by atoms with Crippen molar-refractivity contribution in [1.82, 2.24) is 9.21 Å². The molecule has 1 aliphatic rings. The van der Waals surface area contributed by atoms with Gasteiger partial charge in [0.25, 0.3) is 0 Å². The smallest absolute Gasteiger partial charge is 0.134 e. The molecule has 11 heavy (non-hydrogen) atoms. The molecule has 1 aliphatic heterocycles. The Labute approximate surface area is 72.2 Å². The summed E-state index contributed by atoms with van der Waals surface area (Å²) in [4.78, 5) is 2.17. The maximum absolute atomic E-state index is 12.2. The van der Waals surface area contributed by atoms with Gasteiger partial charge >= 0.3 is 0 Å². The zero-order valence-corrected chi connectivity index (χ0v) is 8.07. The Morgan fingerprint density at radius 3 is 2.45 bits per heavy atom. The van der Waals surface area contributed by atoms with E-state index in [1.807, 2.05) is 14.1 Å². The lowest BCUT2D eigenvalue weighted by molar-refractivity contribution is 0.255. The van der Waals surface area contributed by atoms with Gasteiger partial charge in [-0.15, -0.1) is 3.89 Å². The predicted molar refractivity (Wildman–Crippen MR) is 47.0 cm³/mol. The third-order valence-corrected chi connectivity index (χ3v) is 3.10. The van der Waals surface area contributed by atoms with Gasteiger partial charge in [0.1, 0.15) is 12.3 Å². The van der Waals surface area contributed by atoms with Crippen molar-refractivity contribution in [2.24, 2.45) is 0 Å². The third-order valence-electron chi connectivity index (χ3n) is 2.41. The van der Waals surface area contributed by atoms with Crippen molar-refractivity contribution in [3.8, 4) is 0 Å². The van der Waals surface area contributed by atoms with Crippen LogP contribution in [0.3, 0.4) is 0 Å². The van der Waals surface area contributed by atoms with E-state index >= 15 is 0 Å². The van der Waals surface area contributed by atoms with Crippen LogP contribution in [-0.4, -0.2) is 41.9 Å². The predicted octanol–water partition coefficient (Wildman–Crippen LogP) is 1.54. The number of rotatable bonds is 2. The second-order valence-electron chi connectivity index (χ2n) is 3.27. The molecule has 0 saturated carbocycles. The number of hydrogen-bond donors (Lipinski definition) is 0. The van der Waals surface area contributed by atoms with Gasteiger partial charge in [-0.25, -0.2) is 4.31 Å². The van der Waals surface area contributed by atoms with E-state index in [-0.39, 0.29) is 0 Å². The van der Waals surface area contributed by atoms with E-state index in [1.165, 1.54) is 0 Å². The fraction of sp³-hybridized carbons (Fsp3) is 1.00. The summed E-state index contributed by atoms with van der Waals surface area (Å²) in [6, 6.07) is 0.846. The Hall–Kier alpha value is 0.200. The van der Waals surface area contributed by atoms with Crippen LogP contribution < -0.4 is 0 Å². The molecule has 0 bridgehead atoms. The van der Waals surface area contributed by atoms with E-state index in [0.717, 1.165) is 13.0 Å². The first-order valence-electron chi connectivity index (χ1n) is 3.88. The van der Waals surface area contributed by atoms with Gasteiger partial charge in [0, 0.05) is 18.6 Å². The number of hydrogen-bond acceptors (Lipinski definition) is 3. The first kappa shape index (κ1) is 9.29. The molecule has 1 saturated heterocycles. The van der Waals surface area contributed by atoms with Gasteiger partial charge in [-0.2, -0.15) is 0 Å². The summed E-state index contributed by atoms with van der Waals surface area (Å²) in [5.74, 6) is 0. The highest BCUT2D eigenvalue weighted by Gasteiger charge is 2.32. The molecular weight excluding hydrogens is 163 g/mol. The summed E-state index contributed by atoms with van der Waals surface area (Å²) < 4.78 is 14.0. The summed E-state index contributed by atoms with van der Waals surface area (Å²) in [5, 5.41) is 0. The lowest BCUT2D eigenvalue weighted by Gasteiger charge is -2.25. The van der Waals surface area contributed by atoms with Gasteiger partial charge in [-0.05, 0) is 27.4 Å². The highest BCUT2D eigenvalue weighted by Crippen LogP contribution is 2.27. The largest absolute Gasteiger partial charge is 0.305 e. The Morgan fingerprint density at radius 2 is 2.18 bits per heavy atom. The van der Waals surface area contributed by atoms with E-state index in [4.69, 9.17) is 0 Å². The third kappa shape index (κ3) is 1.86. The Balaban J connectivity index is 2.48. The second-order valence-corrected chi connectivity index (χ2v) is 3.88. The van der Waals surface area contributed by atoms with E-state index in [9.17, 15) is 3.89 Å². The van der Waals surface area contributed by atoms with Crippen molar-refractivity contribution < 1.29 is 3.89 Å². The molecule has 2 unspecified atom stereocenters. The minimum absolute atomic E-state index is 0.333. The zero-order chi connectivity index (χ0) is 8.43. The lowest BCUT2D eigenvalue weighted by Crippen LogP contribution is -2.37. The molecule has 0 aromatic rings. The topological polar surface area (TPSA) is 6.48 Å². The van der Waals surface area contributed by atoms with Crippen LogP contribution in [0.1, 0.15) is 13.3 Å². The van der Waals surface area contributed by atoms with Crippen LogP contribution in [0.5, 0.6) is 0 Å². The average Bonchev–Trinajstić information content (AvgIpc) is 2.30.